The van der Waals surface area contributed by atoms with E-state index in [1.165, 1.54) is 16.8 Å². The second kappa shape index (κ2) is 13.3. The Hall–Kier alpha value is -0.0587. The molecule has 1 aromatic carbocycles. The Kier molecular flexibility index (Phi) is 13.2. The topological polar surface area (TPSA) is 92.7 Å². The number of quaternary nitrogens is 1. The normalized spacial score (nSPS) is 9.22. The van der Waals surface area contributed by atoms with Gasteiger partial charge in [0.15, 0.2) is 19.0 Å². The summed E-state index contributed by atoms with van der Waals surface area (Å²) in [6, 6.07) is 8.28. The van der Waals surface area contributed by atoms with E-state index in [0.717, 1.165) is 31.1 Å². The van der Waals surface area contributed by atoms with Gasteiger partial charge in [-0.15, -0.1) is 11.3 Å². The molecule has 5 nitrogen and oxygen atoms in total. The van der Waals surface area contributed by atoms with E-state index in [4.69, 9.17) is 5.11 Å². The van der Waals surface area contributed by atoms with Crippen molar-refractivity contribution in [2.45, 2.75) is 19.7 Å². The van der Waals surface area contributed by atoms with Gasteiger partial charge in [-0.2, -0.15) is 7.11 Å². The van der Waals surface area contributed by atoms with Crippen molar-refractivity contribution in [2.24, 2.45) is 0 Å². The van der Waals surface area contributed by atoms with Gasteiger partial charge in [0, 0.05) is 10.9 Å². The third-order valence-electron chi connectivity index (χ3n) is 2.83. The summed E-state index contributed by atoms with van der Waals surface area (Å²) >= 11 is 1.43. The van der Waals surface area contributed by atoms with Gasteiger partial charge in [-0.05, 0) is 0 Å². The van der Waals surface area contributed by atoms with E-state index in [2.05, 4.69) is 42.4 Å². The fraction of sp³-hybridized carbons (Fsp3) is 0.333. The molecule has 0 bridgehead atoms. The first-order valence-electron chi connectivity index (χ1n) is 7.12. The average Bonchev–Trinajstić information content (AvgIpc) is 3.03. The molecule has 0 saturated carbocycles. The second-order valence-electron chi connectivity index (χ2n) is 4.45. The summed E-state index contributed by atoms with van der Waals surface area (Å²) in [5.74, 6) is -0.115. The number of carbonyl (C=O) groups is 1. The van der Waals surface area contributed by atoms with Crippen LogP contribution in [0.25, 0.3) is 11.3 Å². The van der Waals surface area contributed by atoms with Crippen LogP contribution in [0.5, 0.6) is 0 Å². The van der Waals surface area contributed by atoms with Crippen molar-refractivity contribution >= 4 is 35.1 Å². The van der Waals surface area contributed by atoms with Crippen molar-refractivity contribution in [3.63, 3.8) is 0 Å². The maximum atomic E-state index is 11.3. The Labute approximate surface area is 184 Å². The fourth-order valence-electron chi connectivity index (χ4n) is 1.78. The second-order valence-corrected chi connectivity index (χ2v) is 5.31. The predicted molar refractivity (Wildman–Crippen MR) is 90.3 cm³/mol. The molecule has 0 atom stereocenters. The van der Waals surface area contributed by atoms with Gasteiger partial charge >= 0.3 is 51.4 Å². The number of hydrogen-bond donors (Lipinski definition) is 2. The molecular formula is C15H21BKN3O2S+. The smallest absolute Gasteiger partial charge is 0.857 e. The minimum atomic E-state index is -0.115. The largest absolute Gasteiger partial charge is 1.00 e. The van der Waals surface area contributed by atoms with Crippen molar-refractivity contribution < 1.29 is 67.0 Å². The first-order chi connectivity index (χ1) is 10.7. The summed E-state index contributed by atoms with van der Waals surface area (Å²) in [5.41, 5.74) is 6.72. The van der Waals surface area contributed by atoms with E-state index in [1.807, 2.05) is 17.5 Å². The molecule has 0 aliphatic rings. The van der Waals surface area contributed by atoms with E-state index in [-0.39, 0.29) is 63.8 Å². The van der Waals surface area contributed by atoms with Gasteiger partial charge in [-0.3, -0.25) is 10.1 Å². The van der Waals surface area contributed by atoms with Crippen molar-refractivity contribution in [2.75, 3.05) is 19.0 Å². The van der Waals surface area contributed by atoms with Crippen LogP contribution in [0, 0.1) is 0 Å². The molecule has 8 heteroatoms. The summed E-state index contributed by atoms with van der Waals surface area (Å²) in [7, 11) is 2.97. The van der Waals surface area contributed by atoms with E-state index in [0.29, 0.717) is 5.13 Å². The number of anilines is 1. The standard InChI is InChI=1S/C14H17BN3OS.CH3O.K/c1-2-6-15-11-5-3-4-10(7-11)12-9-20-14(17-12)18-13(19)8-16;1-2;/h3-5,7,9H,2,6,8,16H2,1H3,(H,17,18,19);1H3;/q;-1;+1/p+1. The molecule has 1 aromatic heterocycles. The molecular weight excluding hydrogens is 336 g/mol. The van der Waals surface area contributed by atoms with Gasteiger partial charge in [-0.1, -0.05) is 49.4 Å². The number of hydrogen-bond acceptors (Lipinski definition) is 4. The zero-order valence-electron chi connectivity index (χ0n) is 14.0. The number of amides is 1. The summed E-state index contributed by atoms with van der Waals surface area (Å²) < 4.78 is 0. The maximum absolute atomic E-state index is 11.3. The molecule has 0 spiro atoms. The van der Waals surface area contributed by atoms with E-state index < -0.39 is 0 Å². The molecule has 0 aliphatic heterocycles. The number of aromatic nitrogens is 1. The molecule has 0 unspecified atom stereocenters. The monoisotopic (exact) mass is 357 g/mol. The number of nitrogens with one attached hydrogen (secondary N) is 1. The van der Waals surface area contributed by atoms with E-state index >= 15 is 0 Å². The predicted octanol–water partition coefficient (Wildman–Crippen LogP) is -2.87. The fourth-order valence-corrected chi connectivity index (χ4v) is 2.52. The number of rotatable bonds is 6. The van der Waals surface area contributed by atoms with Gasteiger partial charge in [0.1, 0.15) is 0 Å². The molecule has 23 heavy (non-hydrogen) atoms. The Bertz CT molecular complexity index is 596. The zero-order chi connectivity index (χ0) is 16.4. The molecule has 0 aliphatic carbocycles. The van der Waals surface area contributed by atoms with Crippen molar-refractivity contribution in [3.05, 3.63) is 29.6 Å². The molecule has 1 amide bonds. The number of benzene rings is 1. The molecule has 1 heterocycles. The van der Waals surface area contributed by atoms with Crippen LogP contribution in [0.3, 0.4) is 0 Å². The van der Waals surface area contributed by atoms with Crippen LogP contribution >= 0.6 is 11.3 Å². The molecule has 2 aromatic rings. The Morgan fingerprint density at radius 3 is 2.83 bits per heavy atom. The van der Waals surface area contributed by atoms with E-state index in [1.54, 1.807) is 0 Å². The van der Waals surface area contributed by atoms with Crippen molar-refractivity contribution in [1.82, 2.24) is 4.98 Å². The summed E-state index contributed by atoms with van der Waals surface area (Å²) in [6.45, 7) is 2.38. The minimum Gasteiger partial charge on any atom is -0.857 e. The van der Waals surface area contributed by atoms with Crippen LogP contribution in [0.2, 0.25) is 6.32 Å². The third-order valence-corrected chi connectivity index (χ3v) is 3.59. The van der Waals surface area contributed by atoms with Crippen molar-refractivity contribution in [1.29, 1.82) is 0 Å². The minimum absolute atomic E-state index is 0. The summed E-state index contributed by atoms with van der Waals surface area (Å²) in [6.07, 6.45) is 2.22. The van der Waals surface area contributed by atoms with Gasteiger partial charge in [0.25, 0.3) is 5.91 Å². The third kappa shape index (κ3) is 8.04. The quantitative estimate of drug-likeness (QED) is 0.545. The van der Waals surface area contributed by atoms with Gasteiger partial charge in [-0.25, -0.2) is 4.98 Å². The van der Waals surface area contributed by atoms with Crippen LogP contribution in [-0.4, -0.2) is 31.8 Å². The SMILES string of the molecule is CCC[B]c1cccc(-c2csc(NC(=O)C[NH3+])n2)c1.C[O-].[K+]. The number of nitrogens with zero attached hydrogens (tertiary/aromatic N) is 1. The molecule has 1 radical (unpaired) electrons. The molecule has 117 valence electrons. The van der Waals surface area contributed by atoms with Gasteiger partial charge < -0.3 is 10.8 Å². The molecule has 4 N–H and O–H groups in total. The average molecular weight is 357 g/mol. The summed E-state index contributed by atoms with van der Waals surface area (Å²) in [5, 5.41) is 13.6. The number of thiazole rings is 1. The molecule has 2 rings (SSSR count). The Morgan fingerprint density at radius 1 is 1.43 bits per heavy atom. The van der Waals surface area contributed by atoms with Crippen LogP contribution in [-0.2, 0) is 4.79 Å². The Morgan fingerprint density at radius 2 is 2.17 bits per heavy atom. The number of carbonyl (C=O) groups excluding carboxylic acids is 1. The van der Waals surface area contributed by atoms with Crippen molar-refractivity contribution in [3.8, 4) is 11.3 Å². The van der Waals surface area contributed by atoms with Crippen LogP contribution in [0.1, 0.15) is 13.3 Å². The molecule has 0 fully saturated rings. The van der Waals surface area contributed by atoms with Crippen LogP contribution in [0.15, 0.2) is 29.6 Å². The van der Waals surface area contributed by atoms with E-state index in [9.17, 15) is 4.79 Å². The van der Waals surface area contributed by atoms with Gasteiger partial charge in [0.2, 0.25) is 0 Å². The zero-order valence-corrected chi connectivity index (χ0v) is 17.9. The Balaban J connectivity index is 0.00000155. The summed E-state index contributed by atoms with van der Waals surface area (Å²) in [4.78, 5) is 15.7. The maximum Gasteiger partial charge on any atom is 1.00 e. The van der Waals surface area contributed by atoms with Gasteiger partial charge in [0.05, 0.1) is 5.69 Å². The van der Waals surface area contributed by atoms with Crippen LogP contribution in [0.4, 0.5) is 5.13 Å². The molecule has 0 saturated heterocycles. The first-order valence-corrected chi connectivity index (χ1v) is 8.00. The first kappa shape index (κ1) is 22.9. The van der Waals surface area contributed by atoms with Crippen LogP contribution < -0.4 is 73.0 Å².